The number of anilines is 1. The molecule has 2 heterocycles. The molecule has 5 nitrogen and oxygen atoms in total. The Balaban J connectivity index is 1.82. The molecule has 0 spiro atoms. The smallest absolute Gasteiger partial charge is 0.259 e. The summed E-state index contributed by atoms with van der Waals surface area (Å²) in [6.07, 6.45) is 4.51. The first-order valence-electron chi connectivity index (χ1n) is 6.03. The van der Waals surface area contributed by atoms with E-state index in [1.807, 2.05) is 5.38 Å². The quantitative estimate of drug-likeness (QED) is 0.872. The maximum absolute atomic E-state index is 12.2. The van der Waals surface area contributed by atoms with Crippen molar-refractivity contribution in [3.63, 3.8) is 0 Å². The summed E-state index contributed by atoms with van der Waals surface area (Å²) < 4.78 is 0. The van der Waals surface area contributed by atoms with Gasteiger partial charge in [0.05, 0.1) is 5.56 Å². The van der Waals surface area contributed by atoms with Gasteiger partial charge in [0.1, 0.15) is 5.82 Å². The molecular formula is C12H14N4OS. The van der Waals surface area contributed by atoms with Crippen molar-refractivity contribution < 1.29 is 4.79 Å². The van der Waals surface area contributed by atoms with Crippen molar-refractivity contribution in [2.75, 3.05) is 5.32 Å². The molecule has 1 amide bonds. The van der Waals surface area contributed by atoms with Gasteiger partial charge in [-0.25, -0.2) is 0 Å². The van der Waals surface area contributed by atoms with Crippen molar-refractivity contribution in [2.24, 2.45) is 0 Å². The molecular weight excluding hydrogens is 248 g/mol. The Labute approximate surface area is 109 Å². The second-order valence-electron chi connectivity index (χ2n) is 4.46. The number of fused-ring (bicyclic) bond motifs is 1. The maximum atomic E-state index is 12.2. The summed E-state index contributed by atoms with van der Waals surface area (Å²) in [4.78, 5) is 17.6. The van der Waals surface area contributed by atoms with Gasteiger partial charge in [0.15, 0.2) is 0 Å². The third kappa shape index (κ3) is 2.03. The number of carbonyl (C=O) groups excluding carboxylic acids is 1. The summed E-state index contributed by atoms with van der Waals surface area (Å²) in [6.45, 7) is 1.80. The maximum Gasteiger partial charge on any atom is 0.259 e. The topological polar surface area (TPSA) is 70.7 Å². The second-order valence-corrected chi connectivity index (χ2v) is 5.42. The molecule has 0 fully saturated rings. The van der Waals surface area contributed by atoms with Crippen LogP contribution in [0.25, 0.3) is 0 Å². The number of aryl methyl sites for hydroxylation is 2. The average molecular weight is 262 g/mol. The van der Waals surface area contributed by atoms with Crippen LogP contribution >= 0.6 is 11.3 Å². The molecule has 0 aromatic carbocycles. The van der Waals surface area contributed by atoms with Gasteiger partial charge in [-0.15, -0.1) is 16.4 Å². The van der Waals surface area contributed by atoms with E-state index in [0.717, 1.165) is 18.4 Å². The van der Waals surface area contributed by atoms with Crippen LogP contribution in [0.5, 0.6) is 0 Å². The van der Waals surface area contributed by atoms with Crippen LogP contribution in [0.1, 0.15) is 39.5 Å². The molecule has 0 unspecified atom stereocenters. The number of amides is 1. The summed E-state index contributed by atoms with van der Waals surface area (Å²) in [7, 11) is 0. The molecule has 3 rings (SSSR count). The van der Waals surface area contributed by atoms with Crippen LogP contribution in [0.15, 0.2) is 5.38 Å². The van der Waals surface area contributed by atoms with Crippen LogP contribution in [0.3, 0.4) is 0 Å². The molecule has 0 atom stereocenters. The SMILES string of the molecule is Cc1nc(NC(=O)c2csc3c2CCCC3)n[nH]1. The molecule has 0 aliphatic heterocycles. The van der Waals surface area contributed by atoms with E-state index in [9.17, 15) is 4.79 Å². The minimum atomic E-state index is -0.103. The summed E-state index contributed by atoms with van der Waals surface area (Å²) >= 11 is 1.69. The fraction of sp³-hybridized carbons (Fsp3) is 0.417. The van der Waals surface area contributed by atoms with Crippen molar-refractivity contribution in [3.05, 3.63) is 27.2 Å². The number of aromatic amines is 1. The molecule has 2 N–H and O–H groups in total. The van der Waals surface area contributed by atoms with Crippen LogP contribution < -0.4 is 5.32 Å². The molecule has 18 heavy (non-hydrogen) atoms. The van der Waals surface area contributed by atoms with Gasteiger partial charge in [-0.3, -0.25) is 15.2 Å². The Kier molecular flexibility index (Phi) is 2.87. The predicted octanol–water partition coefficient (Wildman–Crippen LogP) is 2.31. The first kappa shape index (κ1) is 11.4. The number of nitrogens with zero attached hydrogens (tertiary/aromatic N) is 2. The predicted molar refractivity (Wildman–Crippen MR) is 70.0 cm³/mol. The Morgan fingerprint density at radius 1 is 1.44 bits per heavy atom. The molecule has 1 aliphatic rings. The van der Waals surface area contributed by atoms with Crippen LogP contribution in [-0.2, 0) is 12.8 Å². The van der Waals surface area contributed by atoms with E-state index >= 15 is 0 Å². The summed E-state index contributed by atoms with van der Waals surface area (Å²) in [5, 5.41) is 11.3. The highest BCUT2D eigenvalue weighted by atomic mass is 32.1. The van der Waals surface area contributed by atoms with Crippen LogP contribution in [-0.4, -0.2) is 21.1 Å². The molecule has 0 bridgehead atoms. The van der Waals surface area contributed by atoms with Gasteiger partial charge in [0.2, 0.25) is 5.95 Å². The van der Waals surface area contributed by atoms with Gasteiger partial charge in [0.25, 0.3) is 5.91 Å². The third-order valence-electron chi connectivity index (χ3n) is 3.13. The highest BCUT2D eigenvalue weighted by Crippen LogP contribution is 2.30. The van der Waals surface area contributed by atoms with Crippen molar-refractivity contribution >= 4 is 23.2 Å². The van der Waals surface area contributed by atoms with E-state index in [4.69, 9.17) is 0 Å². The van der Waals surface area contributed by atoms with E-state index in [1.165, 1.54) is 23.3 Å². The normalized spacial score (nSPS) is 14.3. The molecule has 6 heteroatoms. The lowest BCUT2D eigenvalue weighted by Gasteiger charge is -2.11. The lowest BCUT2D eigenvalue weighted by Crippen LogP contribution is -2.15. The second kappa shape index (κ2) is 4.53. The number of H-pyrrole nitrogens is 1. The number of aromatic nitrogens is 3. The molecule has 0 radical (unpaired) electrons. The number of thiophene rings is 1. The number of hydrogen-bond acceptors (Lipinski definition) is 4. The lowest BCUT2D eigenvalue weighted by atomic mass is 9.96. The van der Waals surface area contributed by atoms with Gasteiger partial charge >= 0.3 is 0 Å². The average Bonchev–Trinajstić information content (AvgIpc) is 2.95. The minimum Gasteiger partial charge on any atom is -0.289 e. The standard InChI is InChI=1S/C12H14N4OS/c1-7-13-12(16-15-7)14-11(17)9-6-18-10-5-3-2-4-8(9)10/h6H,2-5H2,1H3,(H2,13,14,15,16,17). The zero-order chi connectivity index (χ0) is 12.5. The Morgan fingerprint density at radius 2 is 2.28 bits per heavy atom. The summed E-state index contributed by atoms with van der Waals surface area (Å²) in [5.41, 5.74) is 2.01. The van der Waals surface area contributed by atoms with Gasteiger partial charge in [0, 0.05) is 10.3 Å². The fourth-order valence-corrected chi connectivity index (χ4v) is 3.38. The highest BCUT2D eigenvalue weighted by molar-refractivity contribution is 7.10. The van der Waals surface area contributed by atoms with Crippen LogP contribution in [0.4, 0.5) is 5.95 Å². The van der Waals surface area contributed by atoms with E-state index in [-0.39, 0.29) is 5.91 Å². The van der Waals surface area contributed by atoms with E-state index < -0.39 is 0 Å². The Morgan fingerprint density at radius 3 is 3.06 bits per heavy atom. The molecule has 0 saturated heterocycles. The highest BCUT2D eigenvalue weighted by Gasteiger charge is 2.20. The van der Waals surface area contributed by atoms with Gasteiger partial charge in [-0.05, 0) is 38.2 Å². The summed E-state index contributed by atoms with van der Waals surface area (Å²) in [5.74, 6) is 0.930. The monoisotopic (exact) mass is 262 g/mol. The minimum absolute atomic E-state index is 0.103. The van der Waals surface area contributed by atoms with Crippen LogP contribution in [0.2, 0.25) is 0 Å². The number of carbonyl (C=O) groups is 1. The molecule has 2 aromatic rings. The molecule has 1 aliphatic carbocycles. The van der Waals surface area contributed by atoms with Crippen molar-refractivity contribution in [1.82, 2.24) is 15.2 Å². The Hall–Kier alpha value is -1.69. The van der Waals surface area contributed by atoms with E-state index in [1.54, 1.807) is 18.3 Å². The van der Waals surface area contributed by atoms with Crippen molar-refractivity contribution in [3.8, 4) is 0 Å². The van der Waals surface area contributed by atoms with Crippen molar-refractivity contribution in [1.29, 1.82) is 0 Å². The lowest BCUT2D eigenvalue weighted by molar-refractivity contribution is 0.102. The van der Waals surface area contributed by atoms with Gasteiger partial charge in [-0.1, -0.05) is 0 Å². The molecule has 94 valence electrons. The molecule has 2 aromatic heterocycles. The fourth-order valence-electron chi connectivity index (χ4n) is 2.25. The third-order valence-corrected chi connectivity index (χ3v) is 4.22. The van der Waals surface area contributed by atoms with E-state index in [2.05, 4.69) is 20.5 Å². The van der Waals surface area contributed by atoms with Crippen LogP contribution in [0, 0.1) is 6.92 Å². The first-order chi connectivity index (χ1) is 8.74. The molecule has 0 saturated carbocycles. The van der Waals surface area contributed by atoms with Crippen molar-refractivity contribution in [2.45, 2.75) is 32.6 Å². The van der Waals surface area contributed by atoms with E-state index in [0.29, 0.717) is 11.8 Å². The largest absolute Gasteiger partial charge is 0.289 e. The zero-order valence-corrected chi connectivity index (χ0v) is 10.9. The number of rotatable bonds is 2. The number of nitrogens with one attached hydrogen (secondary N) is 2. The van der Waals surface area contributed by atoms with Gasteiger partial charge in [-0.2, -0.15) is 4.98 Å². The first-order valence-corrected chi connectivity index (χ1v) is 6.91. The number of hydrogen-bond donors (Lipinski definition) is 2. The summed E-state index contributed by atoms with van der Waals surface area (Å²) in [6, 6.07) is 0. The zero-order valence-electron chi connectivity index (χ0n) is 10.1. The van der Waals surface area contributed by atoms with Gasteiger partial charge < -0.3 is 0 Å². The Bertz CT molecular complexity index is 587.